The Bertz CT molecular complexity index is 247. The molecular formula is C16H31NO. The summed E-state index contributed by atoms with van der Waals surface area (Å²) in [4.78, 5) is 0. The summed E-state index contributed by atoms with van der Waals surface area (Å²) < 4.78 is 5.98. The van der Waals surface area contributed by atoms with Crippen molar-refractivity contribution >= 4 is 0 Å². The summed E-state index contributed by atoms with van der Waals surface area (Å²) in [5, 5.41) is 3.49. The van der Waals surface area contributed by atoms with Gasteiger partial charge in [-0.15, -0.1) is 0 Å². The normalized spacial score (nSPS) is 21.1. The summed E-state index contributed by atoms with van der Waals surface area (Å²) in [5.41, 5.74) is 1.57. The van der Waals surface area contributed by atoms with E-state index in [0.29, 0.717) is 18.1 Å². The first-order valence-corrected chi connectivity index (χ1v) is 7.68. The number of allylic oxidation sites excluding steroid dienone is 1. The van der Waals surface area contributed by atoms with Gasteiger partial charge in [0.2, 0.25) is 0 Å². The van der Waals surface area contributed by atoms with Gasteiger partial charge in [0.15, 0.2) is 0 Å². The molecule has 0 bridgehead atoms. The van der Waals surface area contributed by atoms with Crippen LogP contribution in [0.15, 0.2) is 11.6 Å². The van der Waals surface area contributed by atoms with Crippen molar-refractivity contribution in [3.63, 3.8) is 0 Å². The maximum atomic E-state index is 5.98. The van der Waals surface area contributed by atoms with Crippen LogP contribution in [-0.2, 0) is 4.74 Å². The highest BCUT2D eigenvalue weighted by atomic mass is 16.5. The molecule has 0 saturated heterocycles. The van der Waals surface area contributed by atoms with E-state index in [1.807, 2.05) is 0 Å². The van der Waals surface area contributed by atoms with Crippen molar-refractivity contribution in [1.82, 2.24) is 5.32 Å². The largest absolute Gasteiger partial charge is 0.376 e. The molecule has 2 atom stereocenters. The zero-order chi connectivity index (χ0) is 13.4. The summed E-state index contributed by atoms with van der Waals surface area (Å²) in [6.07, 6.45) is 10.7. The lowest BCUT2D eigenvalue weighted by molar-refractivity contribution is 0.0127. The van der Waals surface area contributed by atoms with Crippen LogP contribution in [0.2, 0.25) is 0 Å². The third-order valence-corrected chi connectivity index (χ3v) is 3.88. The van der Waals surface area contributed by atoms with E-state index in [4.69, 9.17) is 4.74 Å². The fourth-order valence-corrected chi connectivity index (χ4v) is 2.93. The summed E-state index contributed by atoms with van der Waals surface area (Å²) >= 11 is 0. The van der Waals surface area contributed by atoms with Gasteiger partial charge < -0.3 is 10.1 Å². The Hall–Kier alpha value is -0.340. The second-order valence-electron chi connectivity index (χ2n) is 5.66. The maximum absolute atomic E-state index is 5.98. The molecule has 0 aliphatic heterocycles. The molecule has 2 unspecified atom stereocenters. The van der Waals surface area contributed by atoms with Crippen molar-refractivity contribution < 1.29 is 4.74 Å². The molecule has 0 radical (unpaired) electrons. The molecule has 18 heavy (non-hydrogen) atoms. The molecule has 2 heteroatoms. The number of rotatable bonds is 6. The third kappa shape index (κ3) is 4.74. The number of likely N-dealkylation sites (N-methyl/N-ethyl adjacent to an activating group) is 1. The van der Waals surface area contributed by atoms with Gasteiger partial charge in [-0.3, -0.25) is 0 Å². The van der Waals surface area contributed by atoms with Crippen molar-refractivity contribution in [2.24, 2.45) is 5.92 Å². The fourth-order valence-electron chi connectivity index (χ4n) is 2.93. The predicted molar refractivity (Wildman–Crippen MR) is 78.9 cm³/mol. The average Bonchev–Trinajstić information content (AvgIpc) is 2.30. The van der Waals surface area contributed by atoms with Gasteiger partial charge in [0.05, 0.1) is 12.1 Å². The van der Waals surface area contributed by atoms with Crippen LogP contribution in [0, 0.1) is 5.92 Å². The number of hydrogen-bond acceptors (Lipinski definition) is 2. The molecule has 1 aliphatic rings. The van der Waals surface area contributed by atoms with E-state index >= 15 is 0 Å². The molecular weight excluding hydrogens is 222 g/mol. The molecule has 0 saturated carbocycles. The van der Waals surface area contributed by atoms with E-state index in [1.165, 1.54) is 38.5 Å². The molecule has 1 N–H and O–H groups in total. The Morgan fingerprint density at radius 3 is 2.56 bits per heavy atom. The molecule has 0 fully saturated rings. The van der Waals surface area contributed by atoms with Crippen LogP contribution in [0.4, 0.5) is 0 Å². The second-order valence-corrected chi connectivity index (χ2v) is 5.66. The highest BCUT2D eigenvalue weighted by molar-refractivity contribution is 5.14. The summed E-state index contributed by atoms with van der Waals surface area (Å²) in [6.45, 7) is 7.41. The van der Waals surface area contributed by atoms with Crippen molar-refractivity contribution in [3.05, 3.63) is 11.6 Å². The summed E-state index contributed by atoms with van der Waals surface area (Å²) in [6, 6.07) is 0.392. The first kappa shape index (κ1) is 15.7. The maximum Gasteiger partial charge on any atom is 0.0789 e. The van der Waals surface area contributed by atoms with Crippen molar-refractivity contribution in [3.8, 4) is 0 Å². The van der Waals surface area contributed by atoms with Gasteiger partial charge in [-0.2, -0.15) is 0 Å². The highest BCUT2D eigenvalue weighted by Crippen LogP contribution is 2.24. The van der Waals surface area contributed by atoms with E-state index < -0.39 is 0 Å². The van der Waals surface area contributed by atoms with Crippen LogP contribution in [0.1, 0.15) is 59.3 Å². The second kappa shape index (κ2) is 8.71. The number of ether oxygens (including phenoxy) is 1. The molecule has 0 heterocycles. The van der Waals surface area contributed by atoms with E-state index in [9.17, 15) is 0 Å². The SMILES string of the molecule is CCOC(C(C)C)C(NC)C1=CCCCCCC1. The first-order chi connectivity index (χ1) is 8.70. The van der Waals surface area contributed by atoms with Crippen LogP contribution in [0.3, 0.4) is 0 Å². The molecule has 0 aromatic rings. The van der Waals surface area contributed by atoms with Gasteiger partial charge in [-0.05, 0) is 45.6 Å². The molecule has 1 aliphatic carbocycles. The number of hydrogen-bond donors (Lipinski definition) is 1. The van der Waals surface area contributed by atoms with Gasteiger partial charge in [0.1, 0.15) is 0 Å². The molecule has 0 aromatic heterocycles. The van der Waals surface area contributed by atoms with Crippen molar-refractivity contribution in [2.75, 3.05) is 13.7 Å². The van der Waals surface area contributed by atoms with Gasteiger partial charge >= 0.3 is 0 Å². The zero-order valence-corrected chi connectivity index (χ0v) is 12.7. The zero-order valence-electron chi connectivity index (χ0n) is 12.7. The van der Waals surface area contributed by atoms with Gasteiger partial charge in [-0.25, -0.2) is 0 Å². The fraction of sp³-hybridized carbons (Fsp3) is 0.875. The first-order valence-electron chi connectivity index (χ1n) is 7.68. The Kier molecular flexibility index (Phi) is 7.60. The van der Waals surface area contributed by atoms with Gasteiger partial charge in [0.25, 0.3) is 0 Å². The minimum Gasteiger partial charge on any atom is -0.376 e. The Morgan fingerprint density at radius 2 is 1.94 bits per heavy atom. The lowest BCUT2D eigenvalue weighted by Crippen LogP contribution is -2.44. The molecule has 106 valence electrons. The quantitative estimate of drug-likeness (QED) is 0.725. The Morgan fingerprint density at radius 1 is 1.22 bits per heavy atom. The lowest BCUT2D eigenvalue weighted by Gasteiger charge is -2.32. The Balaban J connectivity index is 2.77. The van der Waals surface area contributed by atoms with Crippen LogP contribution in [-0.4, -0.2) is 25.8 Å². The van der Waals surface area contributed by atoms with E-state index in [2.05, 4.69) is 39.2 Å². The monoisotopic (exact) mass is 253 g/mol. The third-order valence-electron chi connectivity index (χ3n) is 3.88. The molecule has 0 amide bonds. The lowest BCUT2D eigenvalue weighted by atomic mass is 9.88. The minimum absolute atomic E-state index is 0.297. The highest BCUT2D eigenvalue weighted by Gasteiger charge is 2.26. The summed E-state index contributed by atoms with van der Waals surface area (Å²) in [7, 11) is 2.07. The Labute approximate surface area is 113 Å². The van der Waals surface area contributed by atoms with E-state index in [1.54, 1.807) is 5.57 Å². The minimum atomic E-state index is 0.297. The molecule has 1 rings (SSSR count). The van der Waals surface area contributed by atoms with E-state index in [-0.39, 0.29) is 0 Å². The predicted octanol–water partition coefficient (Wildman–Crippen LogP) is 3.92. The van der Waals surface area contributed by atoms with Crippen molar-refractivity contribution in [2.45, 2.75) is 71.4 Å². The van der Waals surface area contributed by atoms with Crippen LogP contribution < -0.4 is 5.32 Å². The smallest absolute Gasteiger partial charge is 0.0789 e. The standard InChI is InChI=1S/C16H31NO/c1-5-18-16(13(2)3)15(17-4)14-11-9-7-6-8-10-12-14/h11,13,15-17H,5-10,12H2,1-4H3. The molecule has 0 aromatic carbocycles. The molecule has 0 spiro atoms. The van der Waals surface area contributed by atoms with Crippen molar-refractivity contribution in [1.29, 1.82) is 0 Å². The number of nitrogens with one attached hydrogen (secondary N) is 1. The van der Waals surface area contributed by atoms with Gasteiger partial charge in [-0.1, -0.05) is 38.3 Å². The molecule has 2 nitrogen and oxygen atoms in total. The topological polar surface area (TPSA) is 21.3 Å². The summed E-state index contributed by atoms with van der Waals surface area (Å²) in [5.74, 6) is 0.550. The van der Waals surface area contributed by atoms with E-state index in [0.717, 1.165) is 6.61 Å². The van der Waals surface area contributed by atoms with Crippen LogP contribution in [0.25, 0.3) is 0 Å². The van der Waals surface area contributed by atoms with Gasteiger partial charge in [0, 0.05) is 6.61 Å². The van der Waals surface area contributed by atoms with Crippen LogP contribution >= 0.6 is 0 Å². The van der Waals surface area contributed by atoms with Crippen LogP contribution in [0.5, 0.6) is 0 Å². The average molecular weight is 253 g/mol.